The molecule has 6 nitrogen and oxygen atoms in total. The van der Waals surface area contributed by atoms with Gasteiger partial charge in [0.2, 0.25) is 0 Å². The number of aryl methyl sites for hydroxylation is 1. The fourth-order valence-electron chi connectivity index (χ4n) is 1.74. The molecule has 0 spiro atoms. The van der Waals surface area contributed by atoms with Gasteiger partial charge in [0.05, 0.1) is 23.4 Å². The number of hydrogen-bond donors (Lipinski definition) is 1. The Hall–Kier alpha value is -2.76. The summed E-state index contributed by atoms with van der Waals surface area (Å²) in [5, 5.41) is 6.71. The number of nitrogens with zero attached hydrogens (tertiary/aromatic N) is 4. The van der Waals surface area contributed by atoms with E-state index in [-0.39, 0.29) is 11.6 Å². The number of aromatic nitrogens is 4. The molecule has 1 N–H and O–H groups in total. The number of hydrogen-bond acceptors (Lipinski definition) is 4. The predicted molar refractivity (Wildman–Crippen MR) is 70.7 cm³/mol. The van der Waals surface area contributed by atoms with Gasteiger partial charge in [0.15, 0.2) is 0 Å². The zero-order valence-corrected chi connectivity index (χ0v) is 10.2. The van der Waals surface area contributed by atoms with Crippen molar-refractivity contribution in [1.82, 2.24) is 19.7 Å². The van der Waals surface area contributed by atoms with Crippen LogP contribution in [0.1, 0.15) is 10.5 Å². The molecule has 3 rings (SSSR count). The second kappa shape index (κ2) is 4.49. The summed E-state index contributed by atoms with van der Waals surface area (Å²) >= 11 is 0. The van der Waals surface area contributed by atoms with Crippen LogP contribution in [0.4, 0.5) is 5.82 Å². The standard InChI is InChI=1S/C13H11N5O/c1-18-12(6-7-15-18)17-13(19)11-8-14-9-4-2-3-5-10(9)16-11/h2-8H,1H3,(H,17,19). The third kappa shape index (κ3) is 2.15. The van der Waals surface area contributed by atoms with Crippen LogP contribution >= 0.6 is 0 Å². The molecular formula is C13H11N5O. The average Bonchev–Trinajstić information content (AvgIpc) is 2.84. The predicted octanol–water partition coefficient (Wildman–Crippen LogP) is 1.62. The molecular weight excluding hydrogens is 242 g/mol. The lowest BCUT2D eigenvalue weighted by molar-refractivity contribution is 0.102. The Balaban J connectivity index is 1.91. The normalized spacial score (nSPS) is 10.6. The van der Waals surface area contributed by atoms with Crippen LogP contribution in [-0.4, -0.2) is 25.7 Å². The number of carbonyl (C=O) groups is 1. The molecule has 0 saturated heterocycles. The van der Waals surface area contributed by atoms with Crippen LogP contribution in [-0.2, 0) is 7.05 Å². The van der Waals surface area contributed by atoms with Crippen LogP contribution < -0.4 is 5.32 Å². The third-order valence-corrected chi connectivity index (χ3v) is 2.74. The maximum atomic E-state index is 12.1. The Bertz CT molecular complexity index is 749. The quantitative estimate of drug-likeness (QED) is 0.753. The van der Waals surface area contributed by atoms with Gasteiger partial charge in [-0.1, -0.05) is 12.1 Å². The topological polar surface area (TPSA) is 72.7 Å². The average molecular weight is 253 g/mol. The zero-order chi connectivity index (χ0) is 13.2. The van der Waals surface area contributed by atoms with Crippen molar-refractivity contribution < 1.29 is 4.79 Å². The third-order valence-electron chi connectivity index (χ3n) is 2.74. The van der Waals surface area contributed by atoms with Crippen molar-refractivity contribution in [2.45, 2.75) is 0 Å². The van der Waals surface area contributed by atoms with Gasteiger partial charge in [-0.15, -0.1) is 0 Å². The maximum absolute atomic E-state index is 12.1. The van der Waals surface area contributed by atoms with E-state index in [0.29, 0.717) is 11.3 Å². The molecule has 0 aliphatic rings. The molecule has 0 unspecified atom stereocenters. The van der Waals surface area contributed by atoms with Gasteiger partial charge >= 0.3 is 0 Å². The molecule has 0 bridgehead atoms. The van der Waals surface area contributed by atoms with Crippen molar-refractivity contribution in [1.29, 1.82) is 0 Å². The highest BCUT2D eigenvalue weighted by Crippen LogP contribution is 2.10. The van der Waals surface area contributed by atoms with Gasteiger partial charge < -0.3 is 5.32 Å². The number of carbonyl (C=O) groups excluding carboxylic acids is 1. The molecule has 0 saturated carbocycles. The van der Waals surface area contributed by atoms with Crippen LogP contribution in [0.5, 0.6) is 0 Å². The van der Waals surface area contributed by atoms with Crippen LogP contribution in [0.2, 0.25) is 0 Å². The molecule has 94 valence electrons. The lowest BCUT2D eigenvalue weighted by atomic mass is 10.3. The largest absolute Gasteiger partial charge is 0.305 e. The minimum absolute atomic E-state index is 0.278. The van der Waals surface area contributed by atoms with E-state index in [2.05, 4.69) is 20.4 Å². The number of para-hydroxylation sites is 2. The van der Waals surface area contributed by atoms with E-state index in [4.69, 9.17) is 0 Å². The van der Waals surface area contributed by atoms with Crippen molar-refractivity contribution in [3.63, 3.8) is 0 Å². The van der Waals surface area contributed by atoms with E-state index in [0.717, 1.165) is 5.52 Å². The molecule has 6 heteroatoms. The number of rotatable bonds is 2. The Morgan fingerprint density at radius 1 is 1.21 bits per heavy atom. The summed E-state index contributed by atoms with van der Waals surface area (Å²) < 4.78 is 1.58. The Labute approximate surface area is 109 Å². The van der Waals surface area contributed by atoms with E-state index in [9.17, 15) is 4.79 Å². The molecule has 2 aromatic heterocycles. The summed E-state index contributed by atoms with van der Waals surface area (Å²) in [6.45, 7) is 0. The van der Waals surface area contributed by atoms with E-state index in [1.807, 2.05) is 24.3 Å². The monoisotopic (exact) mass is 253 g/mol. The number of anilines is 1. The molecule has 1 amide bonds. The molecule has 0 fully saturated rings. The van der Waals surface area contributed by atoms with E-state index < -0.39 is 0 Å². The number of amides is 1. The zero-order valence-electron chi connectivity index (χ0n) is 10.2. The smallest absolute Gasteiger partial charge is 0.277 e. The van der Waals surface area contributed by atoms with Crippen LogP contribution in [0.25, 0.3) is 11.0 Å². The summed E-state index contributed by atoms with van der Waals surface area (Å²) in [7, 11) is 1.75. The van der Waals surface area contributed by atoms with E-state index in [1.54, 1.807) is 24.0 Å². The molecule has 0 atom stereocenters. The Morgan fingerprint density at radius 3 is 2.74 bits per heavy atom. The molecule has 19 heavy (non-hydrogen) atoms. The highest BCUT2D eigenvalue weighted by atomic mass is 16.2. The fourth-order valence-corrected chi connectivity index (χ4v) is 1.74. The molecule has 1 aromatic carbocycles. The van der Waals surface area contributed by atoms with Crippen molar-refractivity contribution in [3.8, 4) is 0 Å². The molecule has 0 aliphatic carbocycles. The van der Waals surface area contributed by atoms with Gasteiger partial charge in [-0.05, 0) is 12.1 Å². The van der Waals surface area contributed by atoms with Gasteiger partial charge in [-0.25, -0.2) is 4.98 Å². The lowest BCUT2D eigenvalue weighted by Gasteiger charge is -2.05. The van der Waals surface area contributed by atoms with Gasteiger partial charge in [0, 0.05) is 13.1 Å². The Kier molecular flexibility index (Phi) is 2.68. The van der Waals surface area contributed by atoms with Crippen molar-refractivity contribution in [2.24, 2.45) is 7.05 Å². The first kappa shape index (κ1) is 11.3. The molecule has 3 aromatic rings. The first-order valence-corrected chi connectivity index (χ1v) is 5.75. The van der Waals surface area contributed by atoms with Crippen LogP contribution in [0.3, 0.4) is 0 Å². The summed E-state index contributed by atoms with van der Waals surface area (Å²) in [5.41, 5.74) is 1.74. The lowest BCUT2D eigenvalue weighted by Crippen LogP contribution is -2.16. The molecule has 0 aliphatic heterocycles. The van der Waals surface area contributed by atoms with Gasteiger partial charge in [0.1, 0.15) is 11.5 Å². The van der Waals surface area contributed by atoms with Crippen molar-refractivity contribution >= 4 is 22.8 Å². The summed E-state index contributed by atoms with van der Waals surface area (Å²) in [5.74, 6) is 0.307. The van der Waals surface area contributed by atoms with Crippen LogP contribution in [0, 0.1) is 0 Å². The van der Waals surface area contributed by atoms with E-state index >= 15 is 0 Å². The highest BCUT2D eigenvalue weighted by molar-refractivity contribution is 6.03. The second-order valence-corrected chi connectivity index (χ2v) is 4.04. The van der Waals surface area contributed by atoms with Gasteiger partial charge in [0.25, 0.3) is 5.91 Å². The molecule has 0 radical (unpaired) electrons. The number of fused-ring (bicyclic) bond motifs is 1. The first-order chi connectivity index (χ1) is 9.24. The number of benzene rings is 1. The fraction of sp³-hybridized carbons (Fsp3) is 0.0769. The van der Waals surface area contributed by atoms with E-state index in [1.165, 1.54) is 6.20 Å². The van der Waals surface area contributed by atoms with Crippen LogP contribution in [0.15, 0.2) is 42.7 Å². The van der Waals surface area contributed by atoms with Gasteiger partial charge in [-0.2, -0.15) is 5.10 Å². The number of nitrogens with one attached hydrogen (secondary N) is 1. The molecule has 2 heterocycles. The second-order valence-electron chi connectivity index (χ2n) is 4.04. The summed E-state index contributed by atoms with van der Waals surface area (Å²) in [6.07, 6.45) is 3.08. The van der Waals surface area contributed by atoms with Crippen molar-refractivity contribution in [2.75, 3.05) is 5.32 Å². The summed E-state index contributed by atoms with van der Waals surface area (Å²) in [4.78, 5) is 20.5. The summed E-state index contributed by atoms with van der Waals surface area (Å²) in [6, 6.07) is 9.13. The van der Waals surface area contributed by atoms with Gasteiger partial charge in [-0.3, -0.25) is 14.5 Å². The van der Waals surface area contributed by atoms with Crippen molar-refractivity contribution in [3.05, 3.63) is 48.4 Å². The SMILES string of the molecule is Cn1nccc1NC(=O)c1cnc2ccccc2n1. The minimum Gasteiger partial charge on any atom is -0.305 e. The first-order valence-electron chi connectivity index (χ1n) is 5.75. The highest BCUT2D eigenvalue weighted by Gasteiger charge is 2.10. The maximum Gasteiger partial charge on any atom is 0.277 e. The minimum atomic E-state index is -0.304. The Morgan fingerprint density at radius 2 is 2.00 bits per heavy atom.